The smallest absolute Gasteiger partial charge is 0.142 e. The van der Waals surface area contributed by atoms with Crippen LogP contribution in [-0.4, -0.2) is 5.84 Å². The Balaban J connectivity index is 2.42. The Morgan fingerprint density at radius 1 is 1.32 bits per heavy atom. The fourth-order valence-corrected chi connectivity index (χ4v) is 1.83. The summed E-state index contributed by atoms with van der Waals surface area (Å²) in [4.78, 5) is 0. The molecule has 98 valence electrons. The maximum Gasteiger partial charge on any atom is 0.142 e. The molecule has 0 amide bonds. The van der Waals surface area contributed by atoms with Crippen molar-refractivity contribution in [1.82, 2.24) is 0 Å². The minimum atomic E-state index is -0.509. The van der Waals surface area contributed by atoms with Gasteiger partial charge in [-0.25, -0.2) is 4.39 Å². The maximum atomic E-state index is 13.1. The highest BCUT2D eigenvalue weighted by Crippen LogP contribution is 2.30. The van der Waals surface area contributed by atoms with Crippen molar-refractivity contribution < 1.29 is 9.13 Å². The number of nitrogens with two attached hydrogens (primary N) is 1. The van der Waals surface area contributed by atoms with E-state index in [1.165, 1.54) is 18.2 Å². The van der Waals surface area contributed by atoms with Crippen molar-refractivity contribution in [3.63, 3.8) is 0 Å². The SMILES string of the molecule is Cc1cccc(C(=N)N)c1Oc1ccc(F)c(Cl)c1. The van der Waals surface area contributed by atoms with Gasteiger partial charge in [-0.15, -0.1) is 0 Å². The second-order valence-electron chi connectivity index (χ2n) is 4.04. The summed E-state index contributed by atoms with van der Waals surface area (Å²) in [5.74, 6) is 0.262. The number of para-hydroxylation sites is 1. The molecule has 0 fully saturated rings. The fourth-order valence-electron chi connectivity index (χ4n) is 1.66. The van der Waals surface area contributed by atoms with Gasteiger partial charge in [0.1, 0.15) is 23.2 Å². The molecule has 19 heavy (non-hydrogen) atoms. The molecule has 0 atom stereocenters. The summed E-state index contributed by atoms with van der Waals surface area (Å²) in [6.45, 7) is 1.84. The molecule has 0 spiro atoms. The standard InChI is InChI=1S/C14H12ClFN2O/c1-8-3-2-4-10(14(17)18)13(8)19-9-5-6-12(16)11(15)7-9/h2-7H,1H3,(H3,17,18). The van der Waals surface area contributed by atoms with Gasteiger partial charge in [0.15, 0.2) is 0 Å². The van der Waals surface area contributed by atoms with Crippen molar-refractivity contribution in [3.8, 4) is 11.5 Å². The Morgan fingerprint density at radius 3 is 2.68 bits per heavy atom. The summed E-state index contributed by atoms with van der Waals surface area (Å²) in [6.07, 6.45) is 0. The molecule has 2 rings (SSSR count). The normalized spacial score (nSPS) is 10.3. The van der Waals surface area contributed by atoms with Crippen LogP contribution in [0, 0.1) is 18.2 Å². The molecule has 2 aromatic rings. The van der Waals surface area contributed by atoms with E-state index in [9.17, 15) is 4.39 Å². The lowest BCUT2D eigenvalue weighted by Crippen LogP contribution is -2.12. The largest absolute Gasteiger partial charge is 0.456 e. The van der Waals surface area contributed by atoms with Gasteiger partial charge in [0, 0.05) is 6.07 Å². The molecule has 0 heterocycles. The maximum absolute atomic E-state index is 13.1. The molecule has 3 N–H and O–H groups in total. The number of aryl methyl sites for hydroxylation is 1. The number of rotatable bonds is 3. The molecule has 0 aliphatic carbocycles. The zero-order valence-electron chi connectivity index (χ0n) is 10.2. The Kier molecular flexibility index (Phi) is 3.71. The number of hydrogen-bond donors (Lipinski definition) is 2. The van der Waals surface area contributed by atoms with Gasteiger partial charge < -0.3 is 10.5 Å². The molecule has 0 radical (unpaired) electrons. The number of halogens is 2. The Hall–Kier alpha value is -2.07. The van der Waals surface area contributed by atoms with Crippen molar-refractivity contribution in [1.29, 1.82) is 5.41 Å². The van der Waals surface area contributed by atoms with Crippen molar-refractivity contribution in [2.75, 3.05) is 0 Å². The zero-order chi connectivity index (χ0) is 14.0. The quantitative estimate of drug-likeness (QED) is 0.661. The van der Waals surface area contributed by atoms with Crippen LogP contribution in [0.1, 0.15) is 11.1 Å². The predicted molar refractivity (Wildman–Crippen MR) is 73.7 cm³/mol. The van der Waals surface area contributed by atoms with Crippen molar-refractivity contribution in [3.05, 3.63) is 58.4 Å². The highest BCUT2D eigenvalue weighted by atomic mass is 35.5. The number of benzene rings is 2. The van der Waals surface area contributed by atoms with E-state index in [2.05, 4.69) is 0 Å². The minimum Gasteiger partial charge on any atom is -0.456 e. The fraction of sp³-hybridized carbons (Fsp3) is 0.0714. The van der Waals surface area contributed by atoms with Crippen molar-refractivity contribution >= 4 is 17.4 Å². The number of nitrogens with one attached hydrogen (secondary N) is 1. The number of amidine groups is 1. The predicted octanol–water partition coefficient (Wildman–Crippen LogP) is 3.86. The first kappa shape index (κ1) is 13.4. The summed E-state index contributed by atoms with van der Waals surface area (Å²) in [6, 6.07) is 9.40. The van der Waals surface area contributed by atoms with E-state index >= 15 is 0 Å². The van der Waals surface area contributed by atoms with Crippen LogP contribution in [0.25, 0.3) is 0 Å². The Morgan fingerprint density at radius 2 is 2.05 bits per heavy atom. The van der Waals surface area contributed by atoms with E-state index in [1.54, 1.807) is 12.1 Å². The average Bonchev–Trinajstić information content (AvgIpc) is 2.36. The van der Waals surface area contributed by atoms with E-state index in [0.717, 1.165) is 5.56 Å². The van der Waals surface area contributed by atoms with Crippen LogP contribution in [0.5, 0.6) is 11.5 Å². The third-order valence-electron chi connectivity index (χ3n) is 2.61. The van der Waals surface area contributed by atoms with Gasteiger partial charge in [-0.2, -0.15) is 0 Å². The summed E-state index contributed by atoms with van der Waals surface area (Å²) in [7, 11) is 0. The van der Waals surface area contributed by atoms with Crippen LogP contribution in [0.15, 0.2) is 36.4 Å². The number of ether oxygens (including phenoxy) is 1. The van der Waals surface area contributed by atoms with Gasteiger partial charge in [-0.1, -0.05) is 23.7 Å². The van der Waals surface area contributed by atoms with Crippen LogP contribution in [0.4, 0.5) is 4.39 Å². The highest BCUT2D eigenvalue weighted by molar-refractivity contribution is 6.30. The van der Waals surface area contributed by atoms with E-state index < -0.39 is 5.82 Å². The highest BCUT2D eigenvalue weighted by Gasteiger charge is 2.11. The van der Waals surface area contributed by atoms with Crippen molar-refractivity contribution in [2.45, 2.75) is 6.92 Å². The van der Waals surface area contributed by atoms with Crippen molar-refractivity contribution in [2.24, 2.45) is 5.73 Å². The van der Waals surface area contributed by atoms with Crippen LogP contribution in [-0.2, 0) is 0 Å². The van der Waals surface area contributed by atoms with Crippen LogP contribution in [0.3, 0.4) is 0 Å². The average molecular weight is 279 g/mol. The summed E-state index contributed by atoms with van der Waals surface area (Å²) < 4.78 is 18.7. The first-order valence-corrected chi connectivity index (χ1v) is 5.93. The van der Waals surface area contributed by atoms with Crippen LogP contribution in [0.2, 0.25) is 5.02 Å². The summed E-state index contributed by atoms with van der Waals surface area (Å²) >= 11 is 5.70. The monoisotopic (exact) mass is 278 g/mol. The molecular formula is C14H12ClFN2O. The number of nitrogen functional groups attached to an aromatic ring is 1. The van der Waals surface area contributed by atoms with E-state index in [4.69, 9.17) is 27.5 Å². The Bertz CT molecular complexity index is 643. The van der Waals surface area contributed by atoms with Gasteiger partial charge in [-0.3, -0.25) is 5.41 Å². The minimum absolute atomic E-state index is 0.0181. The zero-order valence-corrected chi connectivity index (χ0v) is 11.0. The van der Waals surface area contributed by atoms with E-state index in [-0.39, 0.29) is 10.9 Å². The number of hydrogen-bond acceptors (Lipinski definition) is 2. The van der Waals surface area contributed by atoms with Gasteiger partial charge in [-0.05, 0) is 30.7 Å². The second kappa shape index (κ2) is 5.28. The first-order chi connectivity index (χ1) is 8.99. The lowest BCUT2D eigenvalue weighted by molar-refractivity contribution is 0.476. The Labute approximate surface area is 115 Å². The lowest BCUT2D eigenvalue weighted by atomic mass is 10.1. The first-order valence-electron chi connectivity index (χ1n) is 5.56. The lowest BCUT2D eigenvalue weighted by Gasteiger charge is -2.13. The molecular weight excluding hydrogens is 267 g/mol. The summed E-state index contributed by atoms with van der Waals surface area (Å²) in [5, 5.41) is 7.51. The molecule has 0 aliphatic rings. The molecule has 3 nitrogen and oxygen atoms in total. The van der Waals surface area contributed by atoms with Crippen LogP contribution >= 0.6 is 11.6 Å². The van der Waals surface area contributed by atoms with E-state index in [0.29, 0.717) is 17.1 Å². The van der Waals surface area contributed by atoms with Gasteiger partial charge in [0.25, 0.3) is 0 Å². The van der Waals surface area contributed by atoms with Crippen LogP contribution < -0.4 is 10.5 Å². The molecule has 0 unspecified atom stereocenters. The topological polar surface area (TPSA) is 59.1 Å². The molecule has 0 saturated carbocycles. The molecule has 5 heteroatoms. The second-order valence-corrected chi connectivity index (χ2v) is 4.45. The third-order valence-corrected chi connectivity index (χ3v) is 2.90. The summed E-state index contributed by atoms with van der Waals surface area (Å²) in [5.41, 5.74) is 6.82. The molecule has 0 aromatic heterocycles. The molecule has 0 bridgehead atoms. The molecule has 0 saturated heterocycles. The van der Waals surface area contributed by atoms with Gasteiger partial charge in [0.05, 0.1) is 10.6 Å². The van der Waals surface area contributed by atoms with Gasteiger partial charge in [0.2, 0.25) is 0 Å². The van der Waals surface area contributed by atoms with E-state index in [1.807, 2.05) is 13.0 Å². The molecule has 0 aliphatic heterocycles. The molecule has 2 aromatic carbocycles. The third kappa shape index (κ3) is 2.85. The van der Waals surface area contributed by atoms with Gasteiger partial charge >= 0.3 is 0 Å².